The van der Waals surface area contributed by atoms with Crippen LogP contribution in [0.3, 0.4) is 0 Å². The highest BCUT2D eigenvalue weighted by Crippen LogP contribution is 2.23. The molecule has 2 saturated heterocycles. The highest BCUT2D eigenvalue weighted by molar-refractivity contribution is 6.08. The molecule has 3 heterocycles. The van der Waals surface area contributed by atoms with E-state index in [0.29, 0.717) is 19.6 Å². The minimum Gasteiger partial charge on any atom is -0.331 e. The number of aromatic nitrogens is 1. The topological polar surface area (TPSA) is 94.6 Å². The Labute approximate surface area is 140 Å². The number of nitrogens with one attached hydrogen (secondary N) is 2. The van der Waals surface area contributed by atoms with Gasteiger partial charge >= 0.3 is 6.03 Å². The maximum atomic E-state index is 12.7. The van der Waals surface area contributed by atoms with E-state index in [0.717, 1.165) is 10.5 Å². The molecule has 4 amide bonds. The van der Waals surface area contributed by atoms with Gasteiger partial charge in [0.05, 0.1) is 6.04 Å². The molecule has 0 aliphatic carbocycles. The van der Waals surface area contributed by atoms with E-state index in [1.807, 2.05) is 12.1 Å². The normalized spacial score (nSPS) is 23.3. The van der Waals surface area contributed by atoms with E-state index in [1.54, 1.807) is 31.1 Å². The molecule has 0 aromatic carbocycles. The number of carbonyl (C=O) groups is 3. The van der Waals surface area contributed by atoms with Crippen LogP contribution in [0.4, 0.5) is 4.79 Å². The fourth-order valence-corrected chi connectivity index (χ4v) is 3.06. The van der Waals surface area contributed by atoms with Crippen LogP contribution in [-0.2, 0) is 9.59 Å². The Kier molecular flexibility index (Phi) is 4.23. The molecule has 0 spiro atoms. The van der Waals surface area contributed by atoms with Crippen molar-refractivity contribution in [2.45, 2.75) is 25.4 Å². The van der Waals surface area contributed by atoms with Crippen LogP contribution in [0.5, 0.6) is 0 Å². The molecule has 1 atom stereocenters. The van der Waals surface area contributed by atoms with Crippen molar-refractivity contribution in [3.63, 3.8) is 0 Å². The molecule has 2 N–H and O–H groups in total. The summed E-state index contributed by atoms with van der Waals surface area (Å²) in [5.74, 6) is -0.625. The summed E-state index contributed by atoms with van der Waals surface area (Å²) in [7, 11) is 0. The molecule has 0 saturated carbocycles. The third kappa shape index (κ3) is 2.96. The summed E-state index contributed by atoms with van der Waals surface area (Å²) in [5.41, 5.74) is -0.0422. The Morgan fingerprint density at radius 3 is 2.83 bits per heavy atom. The molecule has 0 bridgehead atoms. The van der Waals surface area contributed by atoms with Crippen LogP contribution in [0.15, 0.2) is 24.5 Å². The summed E-state index contributed by atoms with van der Waals surface area (Å²) < 4.78 is 0. The smallest absolute Gasteiger partial charge is 0.325 e. The lowest BCUT2D eigenvalue weighted by atomic mass is 10.0. The van der Waals surface area contributed by atoms with E-state index in [2.05, 4.69) is 15.6 Å². The summed E-state index contributed by atoms with van der Waals surface area (Å²) >= 11 is 0. The molecule has 8 heteroatoms. The van der Waals surface area contributed by atoms with Gasteiger partial charge in [-0.05, 0) is 25.5 Å². The molecule has 128 valence electrons. The van der Waals surface area contributed by atoms with E-state index in [4.69, 9.17) is 0 Å². The van der Waals surface area contributed by atoms with Crippen molar-refractivity contribution in [1.29, 1.82) is 0 Å². The zero-order valence-corrected chi connectivity index (χ0v) is 13.8. The van der Waals surface area contributed by atoms with Gasteiger partial charge in [0.2, 0.25) is 5.91 Å². The van der Waals surface area contributed by atoms with Crippen LogP contribution in [0.25, 0.3) is 0 Å². The quantitative estimate of drug-likeness (QED) is 0.754. The maximum Gasteiger partial charge on any atom is 0.325 e. The highest BCUT2D eigenvalue weighted by Gasteiger charge is 2.45. The Hall–Kier alpha value is -2.48. The average Bonchev–Trinajstić information content (AvgIpc) is 2.77. The second-order valence-corrected chi connectivity index (χ2v) is 6.54. The summed E-state index contributed by atoms with van der Waals surface area (Å²) in [6.07, 6.45) is 3.41. The number of piperazine rings is 1. The zero-order valence-electron chi connectivity index (χ0n) is 13.8. The summed E-state index contributed by atoms with van der Waals surface area (Å²) in [6.45, 7) is 4.81. The van der Waals surface area contributed by atoms with Crippen molar-refractivity contribution in [3.05, 3.63) is 30.1 Å². The van der Waals surface area contributed by atoms with Gasteiger partial charge in [-0.3, -0.25) is 19.5 Å². The lowest BCUT2D eigenvalue weighted by Crippen LogP contribution is -2.52. The second kappa shape index (κ2) is 6.20. The number of hydrogen-bond acceptors (Lipinski definition) is 5. The number of nitrogens with zero attached hydrogens (tertiary/aromatic N) is 3. The first-order valence-electron chi connectivity index (χ1n) is 7.94. The first kappa shape index (κ1) is 16.4. The lowest BCUT2D eigenvalue weighted by molar-refractivity contribution is -0.140. The van der Waals surface area contributed by atoms with Gasteiger partial charge in [0, 0.05) is 32.0 Å². The van der Waals surface area contributed by atoms with E-state index >= 15 is 0 Å². The van der Waals surface area contributed by atoms with Gasteiger partial charge in [-0.15, -0.1) is 0 Å². The fourth-order valence-electron chi connectivity index (χ4n) is 3.06. The third-order valence-electron chi connectivity index (χ3n) is 4.37. The second-order valence-electron chi connectivity index (χ2n) is 6.54. The first-order valence-corrected chi connectivity index (χ1v) is 7.94. The summed E-state index contributed by atoms with van der Waals surface area (Å²) in [5, 5.41) is 5.85. The number of hydrogen-bond donors (Lipinski definition) is 2. The standard InChI is InChI=1S/C16H21N5O3/c1-16(2)14(23)21(15(24)19-16)10-13(22)20-7-6-18-9-12(20)11-4-3-5-17-8-11/h3-5,8,12,18H,6-7,9-10H2,1-2H3,(H,19,24). The van der Waals surface area contributed by atoms with Crippen LogP contribution >= 0.6 is 0 Å². The number of amides is 4. The van der Waals surface area contributed by atoms with Crippen LogP contribution < -0.4 is 10.6 Å². The van der Waals surface area contributed by atoms with Gasteiger partial charge in [0.1, 0.15) is 12.1 Å². The average molecular weight is 331 g/mol. The minimum atomic E-state index is -0.969. The minimum absolute atomic E-state index is 0.159. The highest BCUT2D eigenvalue weighted by atomic mass is 16.2. The zero-order chi connectivity index (χ0) is 17.3. The van der Waals surface area contributed by atoms with Crippen LogP contribution in [0.2, 0.25) is 0 Å². The van der Waals surface area contributed by atoms with Crippen molar-refractivity contribution in [2.24, 2.45) is 0 Å². The van der Waals surface area contributed by atoms with Crippen molar-refractivity contribution in [3.8, 4) is 0 Å². The van der Waals surface area contributed by atoms with Crippen molar-refractivity contribution in [1.82, 2.24) is 25.4 Å². The Morgan fingerprint density at radius 2 is 2.21 bits per heavy atom. The number of carbonyl (C=O) groups excluding carboxylic acids is 3. The van der Waals surface area contributed by atoms with Gasteiger partial charge in [-0.1, -0.05) is 6.07 Å². The monoisotopic (exact) mass is 331 g/mol. The molecule has 24 heavy (non-hydrogen) atoms. The predicted octanol–water partition coefficient (Wildman–Crippen LogP) is -0.115. The lowest BCUT2D eigenvalue weighted by Gasteiger charge is -2.37. The van der Waals surface area contributed by atoms with Gasteiger partial charge < -0.3 is 15.5 Å². The van der Waals surface area contributed by atoms with Crippen molar-refractivity contribution < 1.29 is 14.4 Å². The van der Waals surface area contributed by atoms with E-state index in [1.165, 1.54) is 0 Å². The molecule has 2 aliphatic heterocycles. The molecule has 2 aliphatic rings. The number of urea groups is 1. The van der Waals surface area contributed by atoms with Gasteiger partial charge in [0.25, 0.3) is 5.91 Å². The molecule has 2 fully saturated rings. The Morgan fingerprint density at radius 1 is 1.42 bits per heavy atom. The van der Waals surface area contributed by atoms with Gasteiger partial charge in [-0.2, -0.15) is 0 Å². The Balaban J connectivity index is 1.76. The summed E-state index contributed by atoms with van der Waals surface area (Å²) in [6, 6.07) is 3.06. The molecule has 8 nitrogen and oxygen atoms in total. The van der Waals surface area contributed by atoms with Crippen LogP contribution in [-0.4, -0.2) is 64.3 Å². The third-order valence-corrected chi connectivity index (χ3v) is 4.37. The fraction of sp³-hybridized carbons (Fsp3) is 0.500. The van der Waals surface area contributed by atoms with E-state index in [-0.39, 0.29) is 24.4 Å². The molecule has 1 aromatic heterocycles. The molecule has 0 radical (unpaired) electrons. The van der Waals surface area contributed by atoms with Gasteiger partial charge in [0.15, 0.2) is 0 Å². The largest absolute Gasteiger partial charge is 0.331 e. The first-order chi connectivity index (χ1) is 11.4. The van der Waals surface area contributed by atoms with Crippen LogP contribution in [0, 0.1) is 0 Å². The van der Waals surface area contributed by atoms with E-state index < -0.39 is 11.6 Å². The van der Waals surface area contributed by atoms with Gasteiger partial charge in [-0.25, -0.2) is 4.79 Å². The van der Waals surface area contributed by atoms with Crippen LogP contribution in [0.1, 0.15) is 25.5 Å². The number of imide groups is 1. The maximum absolute atomic E-state index is 12.7. The molecule has 1 aromatic rings. The molecular formula is C16H21N5O3. The summed E-state index contributed by atoms with van der Waals surface area (Å²) in [4.78, 5) is 43.8. The molecule has 1 unspecified atom stereocenters. The Bertz CT molecular complexity index is 661. The number of pyridine rings is 1. The molecular weight excluding hydrogens is 310 g/mol. The predicted molar refractivity (Wildman–Crippen MR) is 85.9 cm³/mol. The molecule has 3 rings (SSSR count). The van der Waals surface area contributed by atoms with E-state index in [9.17, 15) is 14.4 Å². The SMILES string of the molecule is CC1(C)NC(=O)N(CC(=O)N2CCNCC2c2cccnc2)C1=O. The van der Waals surface area contributed by atoms with Crippen molar-refractivity contribution >= 4 is 17.8 Å². The van der Waals surface area contributed by atoms with Crippen molar-refractivity contribution in [2.75, 3.05) is 26.2 Å². The number of rotatable bonds is 3.